The number of nitrogens with zero attached hydrogens (tertiary/aromatic N) is 2. The van der Waals surface area contributed by atoms with E-state index in [1.165, 1.54) is 5.56 Å². The summed E-state index contributed by atoms with van der Waals surface area (Å²) in [4.78, 5) is 0. The fourth-order valence-electron chi connectivity index (χ4n) is 2.23. The Hall–Kier alpha value is -1.81. The number of ether oxygens (including phenoxy) is 1. The lowest BCUT2D eigenvalue weighted by Crippen LogP contribution is -2.21. The van der Waals surface area contributed by atoms with E-state index in [2.05, 4.69) is 29.5 Å². The van der Waals surface area contributed by atoms with Crippen LogP contribution in [0.3, 0.4) is 0 Å². The molecule has 20 heavy (non-hydrogen) atoms. The topological polar surface area (TPSA) is 39.1 Å². The van der Waals surface area contributed by atoms with E-state index in [1.54, 1.807) is 0 Å². The second-order valence-electron chi connectivity index (χ2n) is 4.77. The molecule has 2 aromatic rings. The number of para-hydroxylation sites is 1. The first-order valence-corrected chi connectivity index (χ1v) is 7.23. The smallest absolute Gasteiger partial charge is 0.124 e. The number of aromatic nitrogens is 2. The predicted octanol–water partition coefficient (Wildman–Crippen LogP) is 3.02. The van der Waals surface area contributed by atoms with Crippen molar-refractivity contribution < 1.29 is 4.74 Å². The SMILES string of the molecule is CCOc1ccccc1C(C)NCCCn1cccn1. The van der Waals surface area contributed by atoms with Gasteiger partial charge in [-0.05, 0) is 38.9 Å². The molecule has 1 aromatic heterocycles. The summed E-state index contributed by atoms with van der Waals surface area (Å²) >= 11 is 0. The first-order chi connectivity index (χ1) is 9.81. The summed E-state index contributed by atoms with van der Waals surface area (Å²) in [6.07, 6.45) is 4.87. The van der Waals surface area contributed by atoms with Crippen molar-refractivity contribution in [3.05, 3.63) is 48.3 Å². The first kappa shape index (κ1) is 14.6. The van der Waals surface area contributed by atoms with E-state index in [9.17, 15) is 0 Å². The molecular weight excluding hydrogens is 250 g/mol. The van der Waals surface area contributed by atoms with Crippen molar-refractivity contribution in [2.45, 2.75) is 32.9 Å². The number of aryl methyl sites for hydroxylation is 1. The van der Waals surface area contributed by atoms with Crippen molar-refractivity contribution in [2.24, 2.45) is 0 Å². The molecule has 0 amide bonds. The van der Waals surface area contributed by atoms with Gasteiger partial charge in [-0.1, -0.05) is 18.2 Å². The van der Waals surface area contributed by atoms with E-state index >= 15 is 0 Å². The molecule has 2 rings (SSSR count). The molecule has 1 aromatic carbocycles. The normalized spacial score (nSPS) is 12.3. The van der Waals surface area contributed by atoms with Gasteiger partial charge < -0.3 is 10.1 Å². The van der Waals surface area contributed by atoms with E-state index in [4.69, 9.17) is 4.74 Å². The van der Waals surface area contributed by atoms with Crippen LogP contribution in [0.15, 0.2) is 42.7 Å². The molecule has 0 aliphatic heterocycles. The Balaban J connectivity index is 1.80. The second-order valence-corrected chi connectivity index (χ2v) is 4.77. The highest BCUT2D eigenvalue weighted by molar-refractivity contribution is 5.35. The van der Waals surface area contributed by atoms with Crippen molar-refractivity contribution in [1.29, 1.82) is 0 Å². The van der Waals surface area contributed by atoms with E-state index in [0.717, 1.165) is 25.3 Å². The number of rotatable bonds is 8. The molecule has 4 heteroatoms. The van der Waals surface area contributed by atoms with Gasteiger partial charge in [-0.15, -0.1) is 0 Å². The molecule has 0 aliphatic carbocycles. The first-order valence-electron chi connectivity index (χ1n) is 7.23. The van der Waals surface area contributed by atoms with E-state index in [0.29, 0.717) is 6.61 Å². The van der Waals surface area contributed by atoms with Gasteiger partial charge in [0.05, 0.1) is 6.61 Å². The Kier molecular flexibility index (Phi) is 5.62. The van der Waals surface area contributed by atoms with Gasteiger partial charge in [-0.2, -0.15) is 5.10 Å². The summed E-state index contributed by atoms with van der Waals surface area (Å²) in [5.41, 5.74) is 1.22. The zero-order valence-corrected chi connectivity index (χ0v) is 12.2. The number of nitrogens with one attached hydrogen (secondary N) is 1. The van der Waals surface area contributed by atoms with Gasteiger partial charge in [0, 0.05) is 30.5 Å². The van der Waals surface area contributed by atoms with Crippen LogP contribution in [0.25, 0.3) is 0 Å². The highest BCUT2D eigenvalue weighted by atomic mass is 16.5. The molecule has 108 valence electrons. The third-order valence-corrected chi connectivity index (χ3v) is 3.26. The zero-order valence-electron chi connectivity index (χ0n) is 12.2. The summed E-state index contributed by atoms with van der Waals surface area (Å²) in [6, 6.07) is 10.5. The van der Waals surface area contributed by atoms with Gasteiger partial charge in [0.1, 0.15) is 5.75 Å². The summed E-state index contributed by atoms with van der Waals surface area (Å²) in [7, 11) is 0. The maximum absolute atomic E-state index is 5.67. The molecule has 0 spiro atoms. The zero-order chi connectivity index (χ0) is 14.2. The number of hydrogen-bond donors (Lipinski definition) is 1. The van der Waals surface area contributed by atoms with Gasteiger partial charge in [0.15, 0.2) is 0 Å². The quantitative estimate of drug-likeness (QED) is 0.751. The molecule has 1 heterocycles. The Labute approximate surface area is 120 Å². The molecule has 0 fully saturated rings. The monoisotopic (exact) mass is 273 g/mol. The van der Waals surface area contributed by atoms with Gasteiger partial charge in [-0.3, -0.25) is 4.68 Å². The number of hydrogen-bond acceptors (Lipinski definition) is 3. The standard InChI is InChI=1S/C16H23N3O/c1-3-20-16-9-5-4-8-15(16)14(2)17-10-6-12-19-13-7-11-18-19/h4-5,7-9,11,13-14,17H,3,6,10,12H2,1-2H3. The largest absolute Gasteiger partial charge is 0.494 e. The minimum atomic E-state index is 0.287. The lowest BCUT2D eigenvalue weighted by Gasteiger charge is -2.18. The minimum absolute atomic E-state index is 0.287. The average Bonchev–Trinajstić information content (AvgIpc) is 2.97. The van der Waals surface area contributed by atoms with Gasteiger partial charge in [-0.25, -0.2) is 0 Å². The second kappa shape index (κ2) is 7.70. The molecule has 1 N–H and O–H groups in total. The van der Waals surface area contributed by atoms with Crippen molar-refractivity contribution in [2.75, 3.05) is 13.2 Å². The highest BCUT2D eigenvalue weighted by Crippen LogP contribution is 2.24. The van der Waals surface area contributed by atoms with Crippen LogP contribution in [-0.2, 0) is 6.54 Å². The fourth-order valence-corrected chi connectivity index (χ4v) is 2.23. The van der Waals surface area contributed by atoms with Crippen LogP contribution in [0, 0.1) is 0 Å². The number of benzene rings is 1. The molecule has 0 saturated carbocycles. The van der Waals surface area contributed by atoms with Crippen molar-refractivity contribution >= 4 is 0 Å². The van der Waals surface area contributed by atoms with Crippen LogP contribution < -0.4 is 10.1 Å². The van der Waals surface area contributed by atoms with Gasteiger partial charge in [0.25, 0.3) is 0 Å². The Morgan fingerprint density at radius 3 is 2.90 bits per heavy atom. The van der Waals surface area contributed by atoms with Crippen LogP contribution >= 0.6 is 0 Å². The Morgan fingerprint density at radius 1 is 1.30 bits per heavy atom. The van der Waals surface area contributed by atoms with Crippen LogP contribution in [-0.4, -0.2) is 22.9 Å². The fraction of sp³-hybridized carbons (Fsp3) is 0.438. The molecule has 0 saturated heterocycles. The average molecular weight is 273 g/mol. The van der Waals surface area contributed by atoms with E-state index in [1.807, 2.05) is 42.2 Å². The van der Waals surface area contributed by atoms with Gasteiger partial charge >= 0.3 is 0 Å². The van der Waals surface area contributed by atoms with Crippen LogP contribution in [0.4, 0.5) is 0 Å². The van der Waals surface area contributed by atoms with Crippen LogP contribution in [0.1, 0.15) is 31.9 Å². The molecule has 0 bridgehead atoms. The van der Waals surface area contributed by atoms with Crippen LogP contribution in [0.5, 0.6) is 5.75 Å². The highest BCUT2D eigenvalue weighted by Gasteiger charge is 2.09. The van der Waals surface area contributed by atoms with Crippen LogP contribution in [0.2, 0.25) is 0 Å². The summed E-state index contributed by atoms with van der Waals surface area (Å²) in [5.74, 6) is 0.974. The molecule has 4 nitrogen and oxygen atoms in total. The van der Waals surface area contributed by atoms with Crippen molar-refractivity contribution in [3.8, 4) is 5.75 Å². The third kappa shape index (κ3) is 4.10. The molecule has 1 atom stereocenters. The maximum Gasteiger partial charge on any atom is 0.124 e. The Morgan fingerprint density at radius 2 is 2.15 bits per heavy atom. The molecular formula is C16H23N3O. The predicted molar refractivity (Wildman–Crippen MR) is 80.9 cm³/mol. The summed E-state index contributed by atoms with van der Waals surface area (Å²) in [6.45, 7) is 6.79. The summed E-state index contributed by atoms with van der Waals surface area (Å²) in [5, 5.41) is 7.74. The minimum Gasteiger partial charge on any atom is -0.494 e. The summed E-state index contributed by atoms with van der Waals surface area (Å²) < 4.78 is 7.63. The lowest BCUT2D eigenvalue weighted by atomic mass is 10.1. The van der Waals surface area contributed by atoms with Crippen molar-refractivity contribution in [1.82, 2.24) is 15.1 Å². The molecule has 1 unspecified atom stereocenters. The van der Waals surface area contributed by atoms with E-state index < -0.39 is 0 Å². The molecule has 0 aliphatic rings. The van der Waals surface area contributed by atoms with Crippen molar-refractivity contribution in [3.63, 3.8) is 0 Å². The third-order valence-electron chi connectivity index (χ3n) is 3.26. The molecule has 0 radical (unpaired) electrons. The Bertz CT molecular complexity index is 496. The van der Waals surface area contributed by atoms with E-state index in [-0.39, 0.29) is 6.04 Å². The van der Waals surface area contributed by atoms with Gasteiger partial charge in [0.2, 0.25) is 0 Å². The maximum atomic E-state index is 5.67. The lowest BCUT2D eigenvalue weighted by molar-refractivity contribution is 0.332.